The molecule has 5 heteroatoms. The van der Waals surface area contributed by atoms with Gasteiger partial charge < -0.3 is 9.64 Å². The maximum Gasteiger partial charge on any atom is 0.336 e. The molecule has 1 aliphatic rings. The number of rotatable bonds is 3. The Labute approximate surface area is 129 Å². The average Bonchev–Trinajstić information content (AvgIpc) is 2.85. The lowest BCUT2D eigenvalue weighted by Crippen LogP contribution is -2.52. The predicted octanol–water partition coefficient (Wildman–Crippen LogP) is 2.98. The van der Waals surface area contributed by atoms with Gasteiger partial charge in [0, 0.05) is 17.6 Å². The van der Waals surface area contributed by atoms with Crippen molar-refractivity contribution in [3.8, 4) is 0 Å². The Morgan fingerprint density at radius 1 is 1.38 bits per heavy atom. The SMILES string of the molecule is CCOC(=O)[C@@]1(C)/C(=C\Cl)CCN1C(=O)c1ccccc1. The molecule has 1 saturated heterocycles. The fourth-order valence-corrected chi connectivity index (χ4v) is 2.91. The van der Waals surface area contributed by atoms with Gasteiger partial charge in [0.1, 0.15) is 0 Å². The van der Waals surface area contributed by atoms with Gasteiger partial charge in [0.25, 0.3) is 5.91 Å². The smallest absolute Gasteiger partial charge is 0.336 e. The van der Waals surface area contributed by atoms with Gasteiger partial charge >= 0.3 is 5.97 Å². The Morgan fingerprint density at radius 2 is 2.05 bits per heavy atom. The Balaban J connectivity index is 2.38. The lowest BCUT2D eigenvalue weighted by atomic mass is 9.93. The van der Waals surface area contributed by atoms with Crippen molar-refractivity contribution in [1.29, 1.82) is 0 Å². The number of nitrogens with zero attached hydrogens (tertiary/aromatic N) is 1. The predicted molar refractivity (Wildman–Crippen MR) is 81.1 cm³/mol. The van der Waals surface area contributed by atoms with Gasteiger partial charge in [-0.05, 0) is 38.0 Å². The monoisotopic (exact) mass is 307 g/mol. The number of ether oxygens (including phenoxy) is 1. The highest BCUT2D eigenvalue weighted by atomic mass is 35.5. The minimum atomic E-state index is -1.13. The lowest BCUT2D eigenvalue weighted by Gasteiger charge is -2.33. The highest BCUT2D eigenvalue weighted by Crippen LogP contribution is 2.37. The van der Waals surface area contributed by atoms with Crippen molar-refractivity contribution < 1.29 is 14.3 Å². The maximum absolute atomic E-state index is 12.7. The van der Waals surface area contributed by atoms with Crippen LogP contribution in [0.5, 0.6) is 0 Å². The topological polar surface area (TPSA) is 46.6 Å². The van der Waals surface area contributed by atoms with Crippen LogP contribution in [-0.2, 0) is 9.53 Å². The second kappa shape index (κ2) is 6.31. The van der Waals surface area contributed by atoms with Crippen molar-refractivity contribution in [3.05, 3.63) is 47.0 Å². The quantitative estimate of drug-likeness (QED) is 0.807. The summed E-state index contributed by atoms with van der Waals surface area (Å²) in [6.45, 7) is 4.13. The molecule has 1 heterocycles. The summed E-state index contributed by atoms with van der Waals surface area (Å²) in [6.07, 6.45) is 0.567. The minimum Gasteiger partial charge on any atom is -0.464 e. The number of carbonyl (C=O) groups is 2. The van der Waals surface area contributed by atoms with Crippen molar-refractivity contribution in [3.63, 3.8) is 0 Å². The number of benzene rings is 1. The highest BCUT2D eigenvalue weighted by Gasteiger charge is 2.50. The van der Waals surface area contributed by atoms with Gasteiger partial charge in [-0.25, -0.2) is 4.79 Å². The molecule has 1 aliphatic heterocycles. The van der Waals surface area contributed by atoms with E-state index in [-0.39, 0.29) is 12.5 Å². The zero-order valence-corrected chi connectivity index (χ0v) is 12.9. The molecule has 2 rings (SSSR count). The summed E-state index contributed by atoms with van der Waals surface area (Å²) < 4.78 is 5.14. The van der Waals surface area contributed by atoms with Crippen LogP contribution in [0.15, 0.2) is 41.4 Å². The van der Waals surface area contributed by atoms with Crippen LogP contribution in [0.1, 0.15) is 30.6 Å². The Bertz CT molecular complexity index is 570. The van der Waals surface area contributed by atoms with Crippen LogP contribution in [0.2, 0.25) is 0 Å². The molecule has 1 aromatic carbocycles. The molecule has 0 N–H and O–H groups in total. The molecule has 0 aliphatic carbocycles. The number of amides is 1. The summed E-state index contributed by atoms with van der Waals surface area (Å²) in [6, 6.07) is 8.90. The van der Waals surface area contributed by atoms with Crippen LogP contribution in [-0.4, -0.2) is 35.5 Å². The zero-order valence-electron chi connectivity index (χ0n) is 12.1. The normalized spacial score (nSPS) is 23.4. The lowest BCUT2D eigenvalue weighted by molar-refractivity contribution is -0.151. The van der Waals surface area contributed by atoms with E-state index in [0.717, 1.165) is 0 Å². The van der Waals surface area contributed by atoms with E-state index in [9.17, 15) is 9.59 Å². The molecule has 0 unspecified atom stereocenters. The van der Waals surface area contributed by atoms with E-state index in [4.69, 9.17) is 16.3 Å². The highest BCUT2D eigenvalue weighted by molar-refractivity contribution is 6.26. The van der Waals surface area contributed by atoms with Gasteiger partial charge in [0.2, 0.25) is 0 Å². The van der Waals surface area contributed by atoms with Gasteiger partial charge in [-0.1, -0.05) is 29.8 Å². The fourth-order valence-electron chi connectivity index (χ4n) is 2.59. The largest absolute Gasteiger partial charge is 0.464 e. The molecule has 0 spiro atoms. The van der Waals surface area contributed by atoms with E-state index in [2.05, 4.69) is 0 Å². The van der Waals surface area contributed by atoms with Crippen molar-refractivity contribution >= 4 is 23.5 Å². The van der Waals surface area contributed by atoms with E-state index < -0.39 is 11.5 Å². The molecule has 1 atom stereocenters. The molecule has 21 heavy (non-hydrogen) atoms. The van der Waals surface area contributed by atoms with Crippen LogP contribution in [0.3, 0.4) is 0 Å². The van der Waals surface area contributed by atoms with E-state index in [1.165, 1.54) is 10.4 Å². The molecule has 1 amide bonds. The third-order valence-electron chi connectivity index (χ3n) is 3.84. The molecular formula is C16H18ClNO3. The van der Waals surface area contributed by atoms with Crippen molar-refractivity contribution in [2.75, 3.05) is 13.2 Å². The molecule has 0 saturated carbocycles. The van der Waals surface area contributed by atoms with Gasteiger partial charge in [-0.3, -0.25) is 4.79 Å². The molecule has 1 fully saturated rings. The summed E-state index contributed by atoms with van der Waals surface area (Å²) in [5, 5.41) is 0. The van der Waals surface area contributed by atoms with Crippen molar-refractivity contribution in [2.24, 2.45) is 0 Å². The van der Waals surface area contributed by atoms with Gasteiger partial charge in [0.15, 0.2) is 5.54 Å². The summed E-state index contributed by atoms with van der Waals surface area (Å²) in [5.74, 6) is -0.640. The summed E-state index contributed by atoms with van der Waals surface area (Å²) in [5.41, 5.74) is 1.50. The first-order valence-corrected chi connectivity index (χ1v) is 7.33. The van der Waals surface area contributed by atoms with Gasteiger partial charge in [-0.15, -0.1) is 0 Å². The Kier molecular flexibility index (Phi) is 4.68. The van der Waals surface area contributed by atoms with Gasteiger partial charge in [0.05, 0.1) is 6.61 Å². The molecule has 112 valence electrons. The average molecular weight is 308 g/mol. The van der Waals surface area contributed by atoms with Gasteiger partial charge in [-0.2, -0.15) is 0 Å². The first kappa shape index (κ1) is 15.6. The third-order valence-corrected chi connectivity index (χ3v) is 4.10. The standard InChI is InChI=1S/C16H18ClNO3/c1-3-21-15(20)16(2)13(11-17)9-10-18(16)14(19)12-7-5-4-6-8-12/h4-8,11H,3,9-10H2,1-2H3/b13-11-/t16-/m1/s1. The fraction of sp³-hybridized carbons (Fsp3) is 0.375. The minimum absolute atomic E-state index is 0.195. The van der Waals surface area contributed by atoms with E-state index >= 15 is 0 Å². The second-order valence-electron chi connectivity index (χ2n) is 5.00. The Morgan fingerprint density at radius 3 is 2.62 bits per heavy atom. The van der Waals surface area contributed by atoms with E-state index in [0.29, 0.717) is 24.1 Å². The van der Waals surface area contributed by atoms with Crippen LogP contribution >= 0.6 is 11.6 Å². The first-order valence-electron chi connectivity index (χ1n) is 6.89. The summed E-state index contributed by atoms with van der Waals surface area (Å²) in [7, 11) is 0. The van der Waals surface area contributed by atoms with Crippen LogP contribution < -0.4 is 0 Å². The molecule has 0 bridgehead atoms. The van der Waals surface area contributed by atoms with Crippen LogP contribution in [0.4, 0.5) is 0 Å². The third kappa shape index (κ3) is 2.68. The number of esters is 1. The summed E-state index contributed by atoms with van der Waals surface area (Å²) in [4.78, 5) is 26.6. The van der Waals surface area contributed by atoms with E-state index in [1.807, 2.05) is 6.07 Å². The van der Waals surface area contributed by atoms with E-state index in [1.54, 1.807) is 38.1 Å². The van der Waals surface area contributed by atoms with Crippen LogP contribution in [0.25, 0.3) is 0 Å². The molecule has 0 radical (unpaired) electrons. The number of halogens is 1. The molecule has 0 aromatic heterocycles. The number of hydrogen-bond acceptors (Lipinski definition) is 3. The number of hydrogen-bond donors (Lipinski definition) is 0. The summed E-state index contributed by atoms with van der Waals surface area (Å²) >= 11 is 5.84. The zero-order chi connectivity index (χ0) is 15.5. The molecule has 1 aromatic rings. The first-order chi connectivity index (χ1) is 10.1. The molecule has 4 nitrogen and oxygen atoms in total. The number of carbonyl (C=O) groups excluding carboxylic acids is 2. The van der Waals surface area contributed by atoms with Crippen molar-refractivity contribution in [2.45, 2.75) is 25.8 Å². The maximum atomic E-state index is 12.7. The molecular weight excluding hydrogens is 290 g/mol. The number of likely N-dealkylation sites (tertiary alicyclic amines) is 1. The van der Waals surface area contributed by atoms with Crippen LogP contribution in [0, 0.1) is 0 Å². The van der Waals surface area contributed by atoms with Crippen molar-refractivity contribution in [1.82, 2.24) is 4.90 Å². The second-order valence-corrected chi connectivity index (χ2v) is 5.22. The Hall–Kier alpha value is -1.81.